The third-order valence-electron chi connectivity index (χ3n) is 3.09. The maximum atomic E-state index is 12.6. The van der Waals surface area contributed by atoms with E-state index in [4.69, 9.17) is 23.2 Å². The molecule has 0 saturated heterocycles. The molecule has 20 heavy (non-hydrogen) atoms. The van der Waals surface area contributed by atoms with Crippen molar-refractivity contribution in [1.82, 2.24) is 9.55 Å². The molecule has 3 rings (SSSR count). The van der Waals surface area contributed by atoms with Crippen molar-refractivity contribution in [2.45, 2.75) is 6.92 Å². The molecule has 3 nitrogen and oxygen atoms in total. The van der Waals surface area contributed by atoms with Crippen molar-refractivity contribution >= 4 is 34.1 Å². The number of aryl methyl sites for hydroxylation is 1. The van der Waals surface area contributed by atoms with Crippen LogP contribution in [0.2, 0.25) is 10.0 Å². The van der Waals surface area contributed by atoms with Crippen LogP contribution in [0.4, 0.5) is 0 Å². The quantitative estimate of drug-likeness (QED) is 0.681. The van der Waals surface area contributed by atoms with E-state index in [1.807, 2.05) is 30.3 Å². The van der Waals surface area contributed by atoms with E-state index in [0.29, 0.717) is 26.8 Å². The molecule has 3 aromatic rings. The van der Waals surface area contributed by atoms with E-state index < -0.39 is 0 Å². The predicted octanol–water partition coefficient (Wildman–Crippen LogP) is 4.00. The van der Waals surface area contributed by atoms with Crippen LogP contribution in [-0.4, -0.2) is 9.55 Å². The molecule has 1 aromatic heterocycles. The molecule has 0 unspecified atom stereocenters. The Kier molecular flexibility index (Phi) is 3.24. The van der Waals surface area contributed by atoms with Crippen LogP contribution in [0.25, 0.3) is 16.6 Å². The van der Waals surface area contributed by atoms with Crippen LogP contribution in [0.3, 0.4) is 0 Å². The van der Waals surface area contributed by atoms with Gasteiger partial charge in [0, 0.05) is 0 Å². The highest BCUT2D eigenvalue weighted by atomic mass is 35.5. The van der Waals surface area contributed by atoms with Gasteiger partial charge in [-0.05, 0) is 31.2 Å². The van der Waals surface area contributed by atoms with Gasteiger partial charge >= 0.3 is 0 Å². The van der Waals surface area contributed by atoms with E-state index in [0.717, 1.165) is 5.69 Å². The first kappa shape index (κ1) is 13.2. The van der Waals surface area contributed by atoms with E-state index in [1.54, 1.807) is 23.6 Å². The van der Waals surface area contributed by atoms with Gasteiger partial charge in [0.25, 0.3) is 5.56 Å². The zero-order valence-electron chi connectivity index (χ0n) is 10.6. The van der Waals surface area contributed by atoms with Gasteiger partial charge in [0.05, 0.1) is 26.6 Å². The number of hydrogen-bond acceptors (Lipinski definition) is 2. The minimum atomic E-state index is -0.155. The van der Waals surface area contributed by atoms with E-state index in [1.165, 1.54) is 0 Å². The molecule has 0 aliphatic heterocycles. The first-order chi connectivity index (χ1) is 9.58. The van der Waals surface area contributed by atoms with Gasteiger partial charge in [0.1, 0.15) is 5.82 Å². The molecule has 5 heteroatoms. The van der Waals surface area contributed by atoms with Crippen molar-refractivity contribution in [3.8, 4) is 5.69 Å². The molecule has 1 heterocycles. The van der Waals surface area contributed by atoms with Crippen LogP contribution < -0.4 is 5.56 Å². The standard InChI is InChI=1S/C15H10Cl2N2O/c1-9-18-14-8-13(17)12(16)7-11(14)15(20)19(9)10-5-3-2-4-6-10/h2-8H,1H3. The lowest BCUT2D eigenvalue weighted by Gasteiger charge is -2.11. The molecule has 0 N–H and O–H groups in total. The number of nitrogens with zero attached hydrogens (tertiary/aromatic N) is 2. The van der Waals surface area contributed by atoms with Gasteiger partial charge in [-0.3, -0.25) is 9.36 Å². The molecule has 0 radical (unpaired) electrons. The molecule has 0 fully saturated rings. The Morgan fingerprint density at radius 1 is 1.05 bits per heavy atom. The largest absolute Gasteiger partial charge is 0.268 e. The molecule has 0 spiro atoms. The van der Waals surface area contributed by atoms with E-state index in [-0.39, 0.29) is 5.56 Å². The highest BCUT2D eigenvalue weighted by Crippen LogP contribution is 2.25. The van der Waals surface area contributed by atoms with Gasteiger partial charge in [-0.25, -0.2) is 4.98 Å². The Balaban J connectivity index is 2.41. The van der Waals surface area contributed by atoms with Crippen LogP contribution >= 0.6 is 23.2 Å². The summed E-state index contributed by atoms with van der Waals surface area (Å²) in [5.74, 6) is 0.604. The minimum absolute atomic E-state index is 0.155. The Bertz CT molecular complexity index is 857. The molecule has 0 atom stereocenters. The van der Waals surface area contributed by atoms with E-state index >= 15 is 0 Å². The van der Waals surface area contributed by atoms with Crippen LogP contribution in [-0.2, 0) is 0 Å². The molecule has 0 amide bonds. The summed E-state index contributed by atoms with van der Waals surface area (Å²) < 4.78 is 1.56. The van der Waals surface area contributed by atoms with E-state index in [9.17, 15) is 4.79 Å². The fraction of sp³-hybridized carbons (Fsp3) is 0.0667. The van der Waals surface area contributed by atoms with Crippen LogP contribution in [0.1, 0.15) is 5.82 Å². The summed E-state index contributed by atoms with van der Waals surface area (Å²) in [7, 11) is 0. The fourth-order valence-electron chi connectivity index (χ4n) is 2.17. The Morgan fingerprint density at radius 2 is 1.70 bits per heavy atom. The van der Waals surface area contributed by atoms with Gasteiger partial charge in [-0.15, -0.1) is 0 Å². The fourth-order valence-corrected chi connectivity index (χ4v) is 2.49. The smallest absolute Gasteiger partial charge is 0.266 e. The molecule has 100 valence electrons. The Labute approximate surface area is 125 Å². The first-order valence-corrected chi connectivity index (χ1v) is 6.77. The number of aromatic nitrogens is 2. The molecule has 0 saturated carbocycles. The zero-order chi connectivity index (χ0) is 14.3. The van der Waals surface area contributed by atoms with Crippen molar-refractivity contribution < 1.29 is 0 Å². The highest BCUT2D eigenvalue weighted by molar-refractivity contribution is 6.42. The zero-order valence-corrected chi connectivity index (χ0v) is 12.1. The summed E-state index contributed by atoms with van der Waals surface area (Å²) in [6.07, 6.45) is 0. The lowest BCUT2D eigenvalue weighted by atomic mass is 10.2. The maximum Gasteiger partial charge on any atom is 0.266 e. The second-order valence-corrected chi connectivity index (χ2v) is 5.23. The average molecular weight is 305 g/mol. The average Bonchev–Trinajstić information content (AvgIpc) is 2.43. The van der Waals surface area contributed by atoms with Crippen LogP contribution in [0.15, 0.2) is 47.3 Å². The van der Waals surface area contributed by atoms with Crippen molar-refractivity contribution in [3.63, 3.8) is 0 Å². The monoisotopic (exact) mass is 304 g/mol. The predicted molar refractivity (Wildman–Crippen MR) is 82.1 cm³/mol. The van der Waals surface area contributed by atoms with Gasteiger partial charge in [0.2, 0.25) is 0 Å². The summed E-state index contributed by atoms with van der Waals surface area (Å²) in [5, 5.41) is 1.19. The normalized spacial score (nSPS) is 10.9. The van der Waals surface area contributed by atoms with Crippen molar-refractivity contribution in [1.29, 1.82) is 0 Å². The minimum Gasteiger partial charge on any atom is -0.268 e. The van der Waals surface area contributed by atoms with Gasteiger partial charge in [-0.2, -0.15) is 0 Å². The summed E-state index contributed by atoms with van der Waals surface area (Å²) in [6.45, 7) is 1.79. The summed E-state index contributed by atoms with van der Waals surface area (Å²) >= 11 is 12.0. The van der Waals surface area contributed by atoms with Gasteiger partial charge < -0.3 is 0 Å². The number of halogens is 2. The molecule has 2 aromatic carbocycles. The van der Waals surface area contributed by atoms with Crippen LogP contribution in [0, 0.1) is 6.92 Å². The lowest BCUT2D eigenvalue weighted by molar-refractivity contribution is 0.895. The molecule has 0 aliphatic carbocycles. The van der Waals surface area contributed by atoms with Gasteiger partial charge in [-0.1, -0.05) is 41.4 Å². The van der Waals surface area contributed by atoms with Crippen molar-refractivity contribution in [2.24, 2.45) is 0 Å². The van der Waals surface area contributed by atoms with Crippen molar-refractivity contribution in [2.75, 3.05) is 0 Å². The summed E-state index contributed by atoms with van der Waals surface area (Å²) in [5.41, 5.74) is 1.17. The molecule has 0 aliphatic rings. The van der Waals surface area contributed by atoms with Crippen LogP contribution in [0.5, 0.6) is 0 Å². The van der Waals surface area contributed by atoms with Gasteiger partial charge in [0.15, 0.2) is 0 Å². The second kappa shape index (κ2) is 4.93. The third kappa shape index (κ3) is 2.09. The molecular formula is C15H10Cl2N2O. The third-order valence-corrected chi connectivity index (χ3v) is 3.81. The summed E-state index contributed by atoms with van der Waals surface area (Å²) in [4.78, 5) is 17.1. The summed E-state index contributed by atoms with van der Waals surface area (Å²) in [6, 6.07) is 12.5. The number of benzene rings is 2. The molecule has 0 bridgehead atoms. The highest BCUT2D eigenvalue weighted by Gasteiger charge is 2.11. The number of rotatable bonds is 1. The topological polar surface area (TPSA) is 34.9 Å². The lowest BCUT2D eigenvalue weighted by Crippen LogP contribution is -2.22. The molecular weight excluding hydrogens is 295 g/mol. The number of fused-ring (bicyclic) bond motifs is 1. The Hall–Kier alpha value is -1.84. The second-order valence-electron chi connectivity index (χ2n) is 4.42. The SMILES string of the molecule is Cc1nc2cc(Cl)c(Cl)cc2c(=O)n1-c1ccccc1. The van der Waals surface area contributed by atoms with Crippen molar-refractivity contribution in [3.05, 3.63) is 68.7 Å². The van der Waals surface area contributed by atoms with E-state index in [2.05, 4.69) is 4.98 Å². The number of hydrogen-bond donors (Lipinski definition) is 0. The Morgan fingerprint density at radius 3 is 2.40 bits per heavy atom. The first-order valence-electron chi connectivity index (χ1n) is 6.02. The number of para-hydroxylation sites is 1. The maximum absolute atomic E-state index is 12.6.